The van der Waals surface area contributed by atoms with Gasteiger partial charge in [-0.3, -0.25) is 4.79 Å². The van der Waals surface area contributed by atoms with Crippen molar-refractivity contribution in [3.05, 3.63) is 89.5 Å². The number of carbonyl (C=O) groups excluding carboxylic acids is 1. The maximum Gasteiger partial charge on any atom is 0.407 e. The van der Waals surface area contributed by atoms with E-state index >= 15 is 0 Å². The summed E-state index contributed by atoms with van der Waals surface area (Å²) < 4.78 is 10.8. The molecule has 0 unspecified atom stereocenters. The standard InChI is InChI=1S/C26H25NO5/c1-31-19-8-6-7-17(14-19)13-18(15-25(28)29)27-26(30)32-16-24-22-11-4-2-9-20(22)21-10-3-5-12-23(21)24/h2-12,14,18,24H,13,15-16H2,1H3,(H,27,30)(H,28,29)/t18-/m1/s1. The minimum atomic E-state index is -0.989. The third kappa shape index (κ3) is 4.75. The van der Waals surface area contributed by atoms with Crippen molar-refractivity contribution in [2.75, 3.05) is 13.7 Å². The summed E-state index contributed by atoms with van der Waals surface area (Å²) in [5.41, 5.74) is 5.42. The zero-order valence-electron chi connectivity index (χ0n) is 17.8. The van der Waals surface area contributed by atoms with Gasteiger partial charge in [-0.15, -0.1) is 0 Å². The van der Waals surface area contributed by atoms with Crippen LogP contribution in [-0.4, -0.2) is 36.9 Å². The molecular formula is C26H25NO5. The number of nitrogens with one attached hydrogen (secondary N) is 1. The van der Waals surface area contributed by atoms with Crippen molar-refractivity contribution in [2.24, 2.45) is 0 Å². The number of carboxylic acid groups (broad SMARTS) is 1. The number of aliphatic carboxylic acids is 1. The van der Waals surface area contributed by atoms with E-state index in [1.165, 1.54) is 0 Å². The Kier molecular flexibility index (Phi) is 6.40. The second kappa shape index (κ2) is 9.56. The molecule has 6 nitrogen and oxygen atoms in total. The van der Waals surface area contributed by atoms with Crippen molar-refractivity contribution in [2.45, 2.75) is 24.8 Å². The lowest BCUT2D eigenvalue weighted by Crippen LogP contribution is -2.39. The molecule has 0 spiro atoms. The Morgan fingerprint density at radius 1 is 0.969 bits per heavy atom. The number of rotatable bonds is 8. The topological polar surface area (TPSA) is 84.9 Å². The van der Waals surface area contributed by atoms with Crippen LogP contribution in [0.2, 0.25) is 0 Å². The maximum absolute atomic E-state index is 12.6. The zero-order chi connectivity index (χ0) is 22.5. The summed E-state index contributed by atoms with van der Waals surface area (Å²) in [5.74, 6) is -0.362. The quantitative estimate of drug-likeness (QED) is 0.544. The highest BCUT2D eigenvalue weighted by Crippen LogP contribution is 2.44. The number of fused-ring (bicyclic) bond motifs is 3. The van der Waals surface area contributed by atoms with E-state index in [9.17, 15) is 14.7 Å². The van der Waals surface area contributed by atoms with E-state index in [0.717, 1.165) is 27.8 Å². The average Bonchev–Trinajstić information content (AvgIpc) is 3.11. The van der Waals surface area contributed by atoms with Gasteiger partial charge in [-0.1, -0.05) is 60.7 Å². The summed E-state index contributed by atoms with van der Waals surface area (Å²) in [5, 5.41) is 12.0. The van der Waals surface area contributed by atoms with Crippen LogP contribution in [0.3, 0.4) is 0 Å². The summed E-state index contributed by atoms with van der Waals surface area (Å²) in [7, 11) is 1.57. The summed E-state index contributed by atoms with van der Waals surface area (Å²) in [6, 6.07) is 23.0. The number of methoxy groups -OCH3 is 1. The summed E-state index contributed by atoms with van der Waals surface area (Å²) in [4.78, 5) is 23.9. The van der Waals surface area contributed by atoms with E-state index in [4.69, 9.17) is 9.47 Å². The normalized spacial score (nSPS) is 13.0. The van der Waals surface area contributed by atoms with E-state index < -0.39 is 18.1 Å². The fraction of sp³-hybridized carbons (Fsp3) is 0.231. The number of amides is 1. The molecule has 3 aromatic rings. The largest absolute Gasteiger partial charge is 0.497 e. The first-order valence-corrected chi connectivity index (χ1v) is 10.5. The van der Waals surface area contributed by atoms with Crippen LogP contribution in [0.15, 0.2) is 72.8 Å². The van der Waals surface area contributed by atoms with Crippen LogP contribution in [0.1, 0.15) is 29.0 Å². The molecular weight excluding hydrogens is 406 g/mol. The smallest absolute Gasteiger partial charge is 0.407 e. The van der Waals surface area contributed by atoms with Crippen molar-refractivity contribution in [1.82, 2.24) is 5.32 Å². The number of hydrogen-bond acceptors (Lipinski definition) is 4. The molecule has 0 heterocycles. The van der Waals surface area contributed by atoms with Crippen LogP contribution in [0, 0.1) is 0 Å². The Hall–Kier alpha value is -3.80. The van der Waals surface area contributed by atoms with Crippen molar-refractivity contribution < 1.29 is 24.2 Å². The predicted molar refractivity (Wildman–Crippen MR) is 121 cm³/mol. The van der Waals surface area contributed by atoms with Crippen molar-refractivity contribution >= 4 is 12.1 Å². The van der Waals surface area contributed by atoms with Crippen LogP contribution >= 0.6 is 0 Å². The van der Waals surface area contributed by atoms with Crippen molar-refractivity contribution in [3.63, 3.8) is 0 Å². The van der Waals surface area contributed by atoms with Gasteiger partial charge in [0.25, 0.3) is 0 Å². The minimum Gasteiger partial charge on any atom is -0.497 e. The monoisotopic (exact) mass is 431 g/mol. The van der Waals surface area contributed by atoms with Crippen LogP contribution < -0.4 is 10.1 Å². The van der Waals surface area contributed by atoms with Gasteiger partial charge in [0, 0.05) is 12.0 Å². The Balaban J connectivity index is 1.43. The third-order valence-electron chi connectivity index (χ3n) is 5.70. The molecule has 1 atom stereocenters. The third-order valence-corrected chi connectivity index (χ3v) is 5.70. The highest BCUT2D eigenvalue weighted by molar-refractivity contribution is 5.79. The van der Waals surface area contributed by atoms with Gasteiger partial charge >= 0.3 is 12.1 Å². The number of hydrogen-bond donors (Lipinski definition) is 2. The highest BCUT2D eigenvalue weighted by Gasteiger charge is 2.29. The Morgan fingerprint density at radius 3 is 2.25 bits per heavy atom. The number of ether oxygens (including phenoxy) is 2. The van der Waals surface area contributed by atoms with E-state index in [-0.39, 0.29) is 18.9 Å². The van der Waals surface area contributed by atoms with Gasteiger partial charge in [-0.2, -0.15) is 0 Å². The molecule has 1 aliphatic carbocycles. The van der Waals surface area contributed by atoms with Gasteiger partial charge in [0.2, 0.25) is 0 Å². The lowest BCUT2D eigenvalue weighted by molar-refractivity contribution is -0.137. The Labute approximate surface area is 186 Å². The molecule has 0 fully saturated rings. The Bertz CT molecular complexity index is 1080. The maximum atomic E-state index is 12.6. The molecule has 0 saturated heterocycles. The fourth-order valence-corrected chi connectivity index (χ4v) is 4.28. The van der Waals surface area contributed by atoms with Gasteiger partial charge in [0.15, 0.2) is 0 Å². The van der Waals surface area contributed by atoms with Crippen LogP contribution in [-0.2, 0) is 16.0 Å². The van der Waals surface area contributed by atoms with E-state index in [2.05, 4.69) is 29.6 Å². The first-order chi connectivity index (χ1) is 15.5. The van der Waals surface area contributed by atoms with Crippen LogP contribution in [0.25, 0.3) is 11.1 Å². The second-order valence-electron chi connectivity index (χ2n) is 7.82. The number of carboxylic acids is 1. The molecule has 164 valence electrons. The molecule has 3 aromatic carbocycles. The molecule has 6 heteroatoms. The highest BCUT2D eigenvalue weighted by atomic mass is 16.5. The predicted octanol–water partition coefficient (Wildman–Crippen LogP) is 4.62. The van der Waals surface area contributed by atoms with E-state index in [1.54, 1.807) is 7.11 Å². The molecule has 4 rings (SSSR count). The molecule has 0 radical (unpaired) electrons. The zero-order valence-corrected chi connectivity index (χ0v) is 17.8. The second-order valence-corrected chi connectivity index (χ2v) is 7.82. The lowest BCUT2D eigenvalue weighted by Gasteiger charge is -2.19. The number of carbonyl (C=O) groups is 2. The van der Waals surface area contributed by atoms with Gasteiger partial charge in [-0.05, 0) is 46.4 Å². The molecule has 32 heavy (non-hydrogen) atoms. The lowest BCUT2D eigenvalue weighted by atomic mass is 9.98. The summed E-state index contributed by atoms with van der Waals surface area (Å²) in [6.45, 7) is 0.179. The minimum absolute atomic E-state index is 0.0514. The molecule has 0 bridgehead atoms. The van der Waals surface area contributed by atoms with Gasteiger partial charge in [0.05, 0.1) is 13.5 Å². The SMILES string of the molecule is COc1cccc(C[C@H](CC(=O)O)NC(=O)OCC2c3ccccc3-c3ccccc32)c1. The number of benzene rings is 3. The molecule has 1 amide bonds. The molecule has 0 saturated carbocycles. The van der Waals surface area contributed by atoms with Gasteiger partial charge < -0.3 is 19.9 Å². The fourth-order valence-electron chi connectivity index (χ4n) is 4.28. The summed E-state index contributed by atoms with van der Waals surface area (Å²) in [6.07, 6.45) is -0.476. The van der Waals surface area contributed by atoms with Crippen molar-refractivity contribution in [3.8, 4) is 16.9 Å². The average molecular weight is 431 g/mol. The van der Waals surface area contributed by atoms with Gasteiger partial charge in [0.1, 0.15) is 12.4 Å². The first kappa shape index (κ1) is 21.4. The molecule has 0 aromatic heterocycles. The van der Waals surface area contributed by atoms with Gasteiger partial charge in [-0.25, -0.2) is 4.79 Å². The summed E-state index contributed by atoms with van der Waals surface area (Å²) >= 11 is 0. The molecule has 2 N–H and O–H groups in total. The molecule has 0 aliphatic heterocycles. The van der Waals surface area contributed by atoms with Crippen molar-refractivity contribution in [1.29, 1.82) is 0 Å². The number of alkyl carbamates (subject to hydrolysis) is 1. The Morgan fingerprint density at radius 2 is 1.62 bits per heavy atom. The van der Waals surface area contributed by atoms with E-state index in [0.29, 0.717) is 12.2 Å². The molecule has 1 aliphatic rings. The van der Waals surface area contributed by atoms with Crippen LogP contribution in [0.4, 0.5) is 4.79 Å². The first-order valence-electron chi connectivity index (χ1n) is 10.5. The van der Waals surface area contributed by atoms with Crippen LogP contribution in [0.5, 0.6) is 5.75 Å². The van der Waals surface area contributed by atoms with E-state index in [1.807, 2.05) is 48.5 Å².